The van der Waals surface area contributed by atoms with Crippen LogP contribution < -0.4 is 11.1 Å². The maximum Gasteiger partial charge on any atom is 0.342 e. The van der Waals surface area contributed by atoms with Crippen LogP contribution >= 0.6 is 23.1 Å². The molecule has 3 rings (SSSR count). The molecule has 1 aromatic rings. The summed E-state index contributed by atoms with van der Waals surface area (Å²) in [5.74, 6) is -2.53. The van der Waals surface area contributed by atoms with Gasteiger partial charge in [0.25, 0.3) is 11.8 Å². The number of oxime groups is 1. The first-order valence-electron chi connectivity index (χ1n) is 6.91. The Hall–Kier alpha value is -2.60. The second-order valence-corrected chi connectivity index (χ2v) is 7.05. The minimum absolute atomic E-state index is 0.127. The van der Waals surface area contributed by atoms with Crippen molar-refractivity contribution < 1.29 is 24.3 Å². The number of aliphatic carboxylic acids is 1. The van der Waals surface area contributed by atoms with Gasteiger partial charge in [-0.05, 0) is 0 Å². The highest BCUT2D eigenvalue weighted by molar-refractivity contribution is 8.00. The van der Waals surface area contributed by atoms with E-state index in [-0.39, 0.29) is 16.5 Å². The van der Waals surface area contributed by atoms with Gasteiger partial charge in [-0.15, -0.1) is 23.1 Å². The van der Waals surface area contributed by atoms with Gasteiger partial charge in [-0.25, -0.2) is 9.78 Å². The lowest BCUT2D eigenvalue weighted by Gasteiger charge is -2.52. The number of rotatable bonds is 5. The van der Waals surface area contributed by atoms with Crippen LogP contribution in [0.2, 0.25) is 0 Å². The van der Waals surface area contributed by atoms with Crippen LogP contribution in [0.5, 0.6) is 0 Å². The lowest BCUT2D eigenvalue weighted by molar-refractivity contribution is -0.169. The molecule has 1 saturated heterocycles. The molecule has 0 unspecified atom stereocenters. The fraction of sp³-hybridized carbons (Fsp3) is 0.308. The summed E-state index contributed by atoms with van der Waals surface area (Å²) >= 11 is 2.32. The molecular formula is C13H13N5O5S2. The number of carbonyl (C=O) groups excluding carboxylic acids is 2. The number of hydrogen-bond acceptors (Lipinski definition) is 9. The van der Waals surface area contributed by atoms with Crippen LogP contribution in [0.3, 0.4) is 0 Å². The van der Waals surface area contributed by atoms with Crippen LogP contribution in [0, 0.1) is 0 Å². The first-order chi connectivity index (χ1) is 11.9. The third-order valence-electron chi connectivity index (χ3n) is 3.62. The summed E-state index contributed by atoms with van der Waals surface area (Å²) in [6.45, 7) is 0. The maximum atomic E-state index is 12.6. The molecule has 0 spiro atoms. The monoisotopic (exact) mass is 383 g/mol. The number of carboxylic acid groups (broad SMARTS) is 1. The number of amides is 2. The smallest absolute Gasteiger partial charge is 0.342 e. The van der Waals surface area contributed by atoms with Crippen LogP contribution in [0.25, 0.3) is 0 Å². The van der Waals surface area contributed by atoms with E-state index in [1.165, 1.54) is 35.4 Å². The first kappa shape index (κ1) is 17.2. The average molecular weight is 383 g/mol. The normalized spacial score (nSPS) is 25.2. The zero-order chi connectivity index (χ0) is 18.2. The van der Waals surface area contributed by atoms with Crippen LogP contribution in [-0.4, -0.2) is 62.3 Å². The third kappa shape index (κ3) is 2.62. The summed E-state index contributed by atoms with van der Waals surface area (Å²) in [6, 6.07) is 0. The summed E-state index contributed by atoms with van der Waals surface area (Å²) in [6.07, 6.45) is 3.25. The summed E-state index contributed by atoms with van der Waals surface area (Å²) in [4.78, 5) is 46.7. The van der Waals surface area contributed by atoms with Gasteiger partial charge < -0.3 is 25.9 Å². The molecule has 10 nitrogen and oxygen atoms in total. The van der Waals surface area contributed by atoms with Crippen LogP contribution in [0.15, 0.2) is 22.8 Å². The summed E-state index contributed by atoms with van der Waals surface area (Å²) in [5.41, 5.74) is 3.34. The maximum absolute atomic E-state index is 12.6. The Balaban J connectivity index is 1.91. The van der Waals surface area contributed by atoms with E-state index in [0.29, 0.717) is 5.75 Å². The number of thiazole rings is 1. The van der Waals surface area contributed by atoms with Gasteiger partial charge in [0.2, 0.25) is 5.54 Å². The number of aromatic nitrogens is 1. The Labute approximate surface area is 149 Å². The molecule has 0 bridgehead atoms. The molecule has 0 saturated carbocycles. The fourth-order valence-corrected chi connectivity index (χ4v) is 4.27. The second kappa shape index (κ2) is 6.37. The Morgan fingerprint density at radius 2 is 2.36 bits per heavy atom. The first-order valence-corrected chi connectivity index (χ1v) is 8.84. The van der Waals surface area contributed by atoms with Crippen molar-refractivity contribution in [2.45, 2.75) is 10.9 Å². The molecule has 2 atom stereocenters. The SMILES string of the molecule is CON=C(C(=O)N[C@]1(C(=O)O)C(=O)N2C=CCS[C@H]21)c1csc(N)n1. The zero-order valence-corrected chi connectivity index (χ0v) is 14.5. The number of thioether (sulfide) groups is 1. The fourth-order valence-electron chi connectivity index (χ4n) is 2.51. The standard InChI is InChI=1S/C13H13N5O5S2/c1-23-17-7(6-5-25-12(14)15-6)8(19)16-13(11(21)22)9(20)18-3-2-4-24-10(13)18/h2-3,5,10H,4H2,1H3,(H2,14,15)(H,16,19)(H,21,22)/t10-,13+/m0/s1. The number of fused-ring (bicyclic) bond motifs is 1. The number of β-lactam (4-membered cyclic amide) rings is 1. The molecule has 132 valence electrons. The van der Waals surface area contributed by atoms with Gasteiger partial charge in [0.05, 0.1) is 0 Å². The summed E-state index contributed by atoms with van der Waals surface area (Å²) < 4.78 is 0. The highest BCUT2D eigenvalue weighted by atomic mass is 32.2. The minimum Gasteiger partial charge on any atom is -0.479 e. The van der Waals surface area contributed by atoms with Crippen molar-refractivity contribution in [2.75, 3.05) is 18.6 Å². The van der Waals surface area contributed by atoms with E-state index in [2.05, 4.69) is 20.3 Å². The van der Waals surface area contributed by atoms with E-state index in [0.717, 1.165) is 11.3 Å². The molecule has 1 fully saturated rings. The van der Waals surface area contributed by atoms with Crippen molar-refractivity contribution in [3.05, 3.63) is 23.3 Å². The third-order valence-corrected chi connectivity index (χ3v) is 5.58. The highest BCUT2D eigenvalue weighted by Crippen LogP contribution is 2.41. The molecule has 0 aliphatic carbocycles. The minimum atomic E-state index is -2.07. The molecule has 0 aromatic carbocycles. The molecule has 0 radical (unpaired) electrons. The average Bonchev–Trinajstić information content (AvgIpc) is 3.02. The lowest BCUT2D eigenvalue weighted by Crippen LogP contribution is -2.82. The number of hydrogen-bond donors (Lipinski definition) is 3. The summed E-state index contributed by atoms with van der Waals surface area (Å²) in [5, 5.41) is 16.5. The molecule has 2 amide bonds. The lowest BCUT2D eigenvalue weighted by atomic mass is 9.87. The van der Waals surface area contributed by atoms with E-state index in [1.807, 2.05) is 0 Å². The Kier molecular flexibility index (Phi) is 4.39. The van der Waals surface area contributed by atoms with Crippen LogP contribution in [-0.2, 0) is 19.2 Å². The van der Waals surface area contributed by atoms with Gasteiger partial charge in [-0.1, -0.05) is 11.2 Å². The number of carbonyl (C=O) groups is 3. The van der Waals surface area contributed by atoms with Crippen molar-refractivity contribution in [2.24, 2.45) is 5.16 Å². The number of nitrogens with zero attached hydrogens (tertiary/aromatic N) is 3. The van der Waals surface area contributed by atoms with E-state index < -0.39 is 28.7 Å². The largest absolute Gasteiger partial charge is 0.479 e. The second-order valence-electron chi connectivity index (χ2n) is 5.04. The van der Waals surface area contributed by atoms with Crippen molar-refractivity contribution >= 4 is 51.7 Å². The molecule has 4 N–H and O–H groups in total. The molecule has 3 heterocycles. The number of nitrogens with one attached hydrogen (secondary N) is 1. The molecule has 25 heavy (non-hydrogen) atoms. The van der Waals surface area contributed by atoms with Crippen LogP contribution in [0.1, 0.15) is 5.69 Å². The predicted octanol–water partition coefficient (Wildman–Crippen LogP) is -0.556. The topological polar surface area (TPSA) is 147 Å². The molecule has 1 aromatic heterocycles. The van der Waals surface area contributed by atoms with Gasteiger partial charge >= 0.3 is 5.97 Å². The zero-order valence-electron chi connectivity index (χ0n) is 12.8. The van der Waals surface area contributed by atoms with Gasteiger partial charge in [0.1, 0.15) is 18.2 Å². The number of carboxylic acids is 1. The Bertz CT molecular complexity index is 806. The molecule has 2 aliphatic heterocycles. The molecular weight excluding hydrogens is 370 g/mol. The van der Waals surface area contributed by atoms with E-state index >= 15 is 0 Å². The van der Waals surface area contributed by atoms with Crippen molar-refractivity contribution in [1.82, 2.24) is 15.2 Å². The molecule has 2 aliphatic rings. The van der Waals surface area contributed by atoms with E-state index in [4.69, 9.17) is 5.73 Å². The van der Waals surface area contributed by atoms with Gasteiger partial charge in [-0.3, -0.25) is 9.59 Å². The van der Waals surface area contributed by atoms with Crippen molar-refractivity contribution in [3.8, 4) is 0 Å². The van der Waals surface area contributed by atoms with E-state index in [1.54, 1.807) is 6.08 Å². The molecule has 12 heteroatoms. The predicted molar refractivity (Wildman–Crippen MR) is 90.8 cm³/mol. The van der Waals surface area contributed by atoms with Gasteiger partial charge in [0.15, 0.2) is 10.8 Å². The number of anilines is 1. The summed E-state index contributed by atoms with van der Waals surface area (Å²) in [7, 11) is 1.23. The van der Waals surface area contributed by atoms with Crippen molar-refractivity contribution in [1.29, 1.82) is 0 Å². The Morgan fingerprint density at radius 1 is 1.60 bits per heavy atom. The van der Waals surface area contributed by atoms with Crippen LogP contribution in [0.4, 0.5) is 5.13 Å². The van der Waals surface area contributed by atoms with Crippen molar-refractivity contribution in [3.63, 3.8) is 0 Å². The quantitative estimate of drug-likeness (QED) is 0.265. The van der Waals surface area contributed by atoms with E-state index in [9.17, 15) is 19.5 Å². The highest BCUT2D eigenvalue weighted by Gasteiger charge is 2.67. The Morgan fingerprint density at radius 3 is 2.96 bits per heavy atom. The van der Waals surface area contributed by atoms with Gasteiger partial charge in [-0.2, -0.15) is 0 Å². The number of nitrogen functional groups attached to an aromatic ring is 1. The number of nitrogens with two attached hydrogens (primary N) is 1. The van der Waals surface area contributed by atoms with Gasteiger partial charge in [0, 0.05) is 17.3 Å².